The summed E-state index contributed by atoms with van der Waals surface area (Å²) in [5.74, 6) is -0.393. The second kappa shape index (κ2) is 4.37. The van der Waals surface area contributed by atoms with Gasteiger partial charge in [-0.2, -0.15) is 10.4 Å². The molecule has 6 nitrogen and oxygen atoms in total. The van der Waals surface area contributed by atoms with Crippen molar-refractivity contribution >= 4 is 17.3 Å². The third-order valence-corrected chi connectivity index (χ3v) is 2.15. The smallest absolute Gasteiger partial charge is 0.275 e. The highest BCUT2D eigenvalue weighted by atomic mass is 16.1. The molecular formula is C11H9N5O. The van der Waals surface area contributed by atoms with Gasteiger partial charge in [0.1, 0.15) is 5.69 Å². The fourth-order valence-corrected chi connectivity index (χ4v) is 1.34. The molecule has 0 unspecified atom stereocenters. The minimum absolute atomic E-state index is 0.201. The van der Waals surface area contributed by atoms with Gasteiger partial charge < -0.3 is 11.1 Å². The van der Waals surface area contributed by atoms with Crippen LogP contribution in [-0.2, 0) is 0 Å². The van der Waals surface area contributed by atoms with E-state index >= 15 is 0 Å². The number of nitriles is 1. The average molecular weight is 227 g/mol. The number of nitrogens with zero attached hydrogens (tertiary/aromatic N) is 2. The third kappa shape index (κ3) is 2.23. The molecule has 0 bridgehead atoms. The summed E-state index contributed by atoms with van der Waals surface area (Å²) < 4.78 is 0. The number of nitrogens with two attached hydrogens (primary N) is 1. The number of aromatic amines is 1. The van der Waals surface area contributed by atoms with Crippen LogP contribution in [0.2, 0.25) is 0 Å². The van der Waals surface area contributed by atoms with E-state index in [0.717, 1.165) is 0 Å². The first-order valence-corrected chi connectivity index (χ1v) is 4.81. The Morgan fingerprint density at radius 1 is 1.53 bits per heavy atom. The fourth-order valence-electron chi connectivity index (χ4n) is 1.34. The van der Waals surface area contributed by atoms with E-state index in [1.807, 2.05) is 6.07 Å². The van der Waals surface area contributed by atoms with Crippen molar-refractivity contribution in [3.05, 3.63) is 41.7 Å². The lowest BCUT2D eigenvalue weighted by Crippen LogP contribution is -2.14. The largest absolute Gasteiger partial charge is 0.396 e. The number of carbonyl (C=O) groups is 1. The molecule has 0 saturated carbocycles. The first-order chi connectivity index (χ1) is 8.20. The maximum absolute atomic E-state index is 11.8. The zero-order valence-corrected chi connectivity index (χ0v) is 8.77. The van der Waals surface area contributed by atoms with Gasteiger partial charge in [-0.15, -0.1) is 0 Å². The Hall–Kier alpha value is -2.81. The maximum Gasteiger partial charge on any atom is 0.275 e. The van der Waals surface area contributed by atoms with Crippen LogP contribution in [-0.4, -0.2) is 16.1 Å². The molecule has 0 atom stereocenters. The molecule has 1 heterocycles. The molecule has 2 rings (SSSR count). The highest BCUT2D eigenvalue weighted by molar-refractivity contribution is 6.06. The Morgan fingerprint density at radius 2 is 2.35 bits per heavy atom. The van der Waals surface area contributed by atoms with E-state index in [1.165, 1.54) is 6.20 Å². The third-order valence-electron chi connectivity index (χ3n) is 2.15. The molecule has 1 aromatic heterocycles. The first-order valence-electron chi connectivity index (χ1n) is 4.81. The summed E-state index contributed by atoms with van der Waals surface area (Å²) >= 11 is 0. The summed E-state index contributed by atoms with van der Waals surface area (Å²) in [5, 5.41) is 17.5. The van der Waals surface area contributed by atoms with Gasteiger partial charge in [-0.3, -0.25) is 9.89 Å². The van der Waals surface area contributed by atoms with Gasteiger partial charge in [-0.05, 0) is 18.2 Å². The van der Waals surface area contributed by atoms with Crippen molar-refractivity contribution in [1.29, 1.82) is 5.26 Å². The van der Waals surface area contributed by atoms with Gasteiger partial charge in [-0.1, -0.05) is 6.07 Å². The SMILES string of the molecule is N#Cc1cccc(NC(=O)c2[nH]ncc2N)c1. The van der Waals surface area contributed by atoms with Crippen LogP contribution in [0.15, 0.2) is 30.5 Å². The van der Waals surface area contributed by atoms with Crippen molar-refractivity contribution in [3.63, 3.8) is 0 Å². The van der Waals surface area contributed by atoms with E-state index in [4.69, 9.17) is 11.0 Å². The van der Waals surface area contributed by atoms with E-state index in [0.29, 0.717) is 11.3 Å². The number of hydrogen-bond acceptors (Lipinski definition) is 4. The molecule has 1 amide bonds. The lowest BCUT2D eigenvalue weighted by atomic mass is 10.2. The molecular weight excluding hydrogens is 218 g/mol. The minimum Gasteiger partial charge on any atom is -0.396 e. The van der Waals surface area contributed by atoms with E-state index in [1.54, 1.807) is 24.3 Å². The summed E-state index contributed by atoms with van der Waals surface area (Å²) in [4.78, 5) is 11.8. The molecule has 2 aromatic rings. The van der Waals surface area contributed by atoms with Crippen LogP contribution in [0.1, 0.15) is 16.1 Å². The van der Waals surface area contributed by atoms with Gasteiger partial charge >= 0.3 is 0 Å². The first kappa shape index (κ1) is 10.7. The Kier molecular flexibility index (Phi) is 2.75. The number of hydrogen-bond donors (Lipinski definition) is 3. The summed E-state index contributed by atoms with van der Waals surface area (Å²) in [7, 11) is 0. The molecule has 0 aliphatic carbocycles. The summed E-state index contributed by atoms with van der Waals surface area (Å²) in [6.07, 6.45) is 1.36. The van der Waals surface area contributed by atoms with Crippen LogP contribution < -0.4 is 11.1 Å². The number of amides is 1. The summed E-state index contributed by atoms with van der Waals surface area (Å²) in [6.45, 7) is 0. The molecule has 17 heavy (non-hydrogen) atoms. The van der Waals surface area contributed by atoms with Gasteiger partial charge in [-0.25, -0.2) is 0 Å². The molecule has 0 aliphatic rings. The summed E-state index contributed by atoms with van der Waals surface area (Å²) in [5.41, 5.74) is 7.03. The number of nitrogens with one attached hydrogen (secondary N) is 2. The second-order valence-electron chi connectivity index (χ2n) is 3.35. The van der Waals surface area contributed by atoms with Crippen molar-refractivity contribution in [2.24, 2.45) is 0 Å². The molecule has 4 N–H and O–H groups in total. The Balaban J connectivity index is 2.19. The normalized spacial score (nSPS) is 9.59. The molecule has 6 heteroatoms. The topological polar surface area (TPSA) is 108 Å². The van der Waals surface area contributed by atoms with E-state index < -0.39 is 5.91 Å². The lowest BCUT2D eigenvalue weighted by molar-refractivity contribution is 0.102. The highest BCUT2D eigenvalue weighted by Gasteiger charge is 2.11. The van der Waals surface area contributed by atoms with E-state index in [9.17, 15) is 4.79 Å². The fraction of sp³-hybridized carbons (Fsp3) is 0. The molecule has 0 aliphatic heterocycles. The van der Waals surface area contributed by atoms with Crippen molar-refractivity contribution in [2.45, 2.75) is 0 Å². The maximum atomic E-state index is 11.8. The zero-order valence-electron chi connectivity index (χ0n) is 8.77. The number of anilines is 2. The van der Waals surface area contributed by atoms with Crippen molar-refractivity contribution < 1.29 is 4.79 Å². The van der Waals surface area contributed by atoms with E-state index in [2.05, 4.69) is 15.5 Å². The quantitative estimate of drug-likeness (QED) is 0.714. The van der Waals surface area contributed by atoms with E-state index in [-0.39, 0.29) is 11.4 Å². The standard InChI is InChI=1S/C11H9N5O/c12-5-7-2-1-3-8(4-7)15-11(17)10-9(13)6-14-16-10/h1-4,6H,13H2,(H,14,16)(H,15,17). The van der Waals surface area contributed by atoms with Crippen LogP contribution >= 0.6 is 0 Å². The number of rotatable bonds is 2. The number of H-pyrrole nitrogens is 1. The monoisotopic (exact) mass is 227 g/mol. The molecule has 0 fully saturated rings. The second-order valence-corrected chi connectivity index (χ2v) is 3.35. The predicted octanol–water partition coefficient (Wildman–Crippen LogP) is 1.12. The number of nitrogen functional groups attached to an aromatic ring is 1. The molecule has 0 saturated heterocycles. The number of benzene rings is 1. The molecule has 84 valence electrons. The lowest BCUT2D eigenvalue weighted by Gasteiger charge is -2.04. The van der Waals surface area contributed by atoms with Crippen molar-refractivity contribution in [3.8, 4) is 6.07 Å². The Labute approximate surface area is 97.1 Å². The molecule has 0 spiro atoms. The van der Waals surface area contributed by atoms with Gasteiger partial charge in [0, 0.05) is 5.69 Å². The van der Waals surface area contributed by atoms with Crippen LogP contribution in [0.3, 0.4) is 0 Å². The van der Waals surface area contributed by atoms with Crippen LogP contribution in [0.4, 0.5) is 11.4 Å². The van der Waals surface area contributed by atoms with Crippen molar-refractivity contribution in [2.75, 3.05) is 11.1 Å². The van der Waals surface area contributed by atoms with Gasteiger partial charge in [0.25, 0.3) is 5.91 Å². The molecule has 0 radical (unpaired) electrons. The summed E-state index contributed by atoms with van der Waals surface area (Å²) in [6, 6.07) is 8.59. The minimum atomic E-state index is -0.393. The van der Waals surface area contributed by atoms with Gasteiger partial charge in [0.05, 0.1) is 23.5 Å². The Bertz CT molecular complexity index is 596. The van der Waals surface area contributed by atoms with Gasteiger partial charge in [0.15, 0.2) is 0 Å². The van der Waals surface area contributed by atoms with Crippen LogP contribution in [0.5, 0.6) is 0 Å². The number of aromatic nitrogens is 2. The number of carbonyl (C=O) groups excluding carboxylic acids is 1. The Morgan fingerprint density at radius 3 is 3.00 bits per heavy atom. The zero-order chi connectivity index (χ0) is 12.3. The van der Waals surface area contributed by atoms with Crippen LogP contribution in [0, 0.1) is 11.3 Å². The molecule has 1 aromatic carbocycles. The van der Waals surface area contributed by atoms with Crippen molar-refractivity contribution in [1.82, 2.24) is 10.2 Å². The predicted molar refractivity (Wildman–Crippen MR) is 62.1 cm³/mol. The van der Waals surface area contributed by atoms with Crippen LogP contribution in [0.25, 0.3) is 0 Å². The van der Waals surface area contributed by atoms with Gasteiger partial charge in [0.2, 0.25) is 0 Å². The highest BCUT2D eigenvalue weighted by Crippen LogP contribution is 2.13. The average Bonchev–Trinajstić information content (AvgIpc) is 2.76.